The lowest BCUT2D eigenvalue weighted by Crippen LogP contribution is -2.62. The van der Waals surface area contributed by atoms with Gasteiger partial charge in [-0.05, 0) is 25.2 Å². The molecule has 2 aliphatic carbocycles. The lowest BCUT2D eigenvalue weighted by Gasteiger charge is -2.55. The van der Waals surface area contributed by atoms with E-state index in [4.69, 9.17) is 9.47 Å². The van der Waals surface area contributed by atoms with Gasteiger partial charge in [-0.2, -0.15) is 0 Å². The van der Waals surface area contributed by atoms with Gasteiger partial charge in [-0.3, -0.25) is 0 Å². The van der Waals surface area contributed by atoms with Crippen LogP contribution in [0.3, 0.4) is 0 Å². The number of aliphatic hydroxyl groups is 1. The van der Waals surface area contributed by atoms with Crippen molar-refractivity contribution in [3.63, 3.8) is 0 Å². The van der Waals surface area contributed by atoms with Crippen LogP contribution in [0.2, 0.25) is 0 Å². The number of hydrogen-bond acceptors (Lipinski definition) is 5. The van der Waals surface area contributed by atoms with Crippen LogP contribution in [-0.2, 0) is 19.0 Å². The number of allylic oxidation sites excluding steroid dienone is 1. The van der Waals surface area contributed by atoms with Gasteiger partial charge >= 0.3 is 5.97 Å². The average Bonchev–Trinajstić information content (AvgIpc) is 3.08. The predicted octanol–water partition coefficient (Wildman–Crippen LogP) is 2.04. The number of methoxy groups -OCH3 is 1. The zero-order valence-corrected chi connectivity index (χ0v) is 13.6. The molecule has 1 N–H and O–H groups in total. The van der Waals surface area contributed by atoms with E-state index in [-0.39, 0.29) is 23.2 Å². The Morgan fingerprint density at radius 2 is 1.95 bits per heavy atom. The number of fused-ring (bicyclic) bond motifs is 1. The van der Waals surface area contributed by atoms with E-state index in [2.05, 4.69) is 11.7 Å². The van der Waals surface area contributed by atoms with E-state index >= 15 is 0 Å². The molecule has 1 heterocycles. The molecule has 0 aromatic carbocycles. The molecule has 124 valence electrons. The van der Waals surface area contributed by atoms with Crippen LogP contribution in [0.4, 0.5) is 0 Å². The van der Waals surface area contributed by atoms with Crippen LogP contribution < -0.4 is 0 Å². The van der Waals surface area contributed by atoms with E-state index in [9.17, 15) is 9.90 Å². The summed E-state index contributed by atoms with van der Waals surface area (Å²) in [6.07, 6.45) is 6.57. The Morgan fingerprint density at radius 3 is 2.59 bits per heavy atom. The quantitative estimate of drug-likeness (QED) is 0.624. The third-order valence-electron chi connectivity index (χ3n) is 6.45. The Balaban J connectivity index is 1.86. The van der Waals surface area contributed by atoms with E-state index < -0.39 is 11.4 Å². The molecular formula is C17H26O5. The molecule has 1 saturated heterocycles. The van der Waals surface area contributed by atoms with Gasteiger partial charge in [-0.25, -0.2) is 4.79 Å². The summed E-state index contributed by atoms with van der Waals surface area (Å²) < 4.78 is 16.5. The van der Waals surface area contributed by atoms with Gasteiger partial charge < -0.3 is 19.3 Å². The van der Waals surface area contributed by atoms with Crippen molar-refractivity contribution in [2.45, 2.75) is 50.9 Å². The minimum Gasteiger partial charge on any atom is -0.466 e. The molecule has 0 amide bonds. The first-order valence-corrected chi connectivity index (χ1v) is 8.14. The number of esters is 1. The highest BCUT2D eigenvalue weighted by atomic mass is 16.7. The molecule has 5 heteroatoms. The molecule has 22 heavy (non-hydrogen) atoms. The Kier molecular flexibility index (Phi) is 3.86. The van der Waals surface area contributed by atoms with Gasteiger partial charge in [0.05, 0.1) is 25.9 Å². The van der Waals surface area contributed by atoms with Crippen molar-refractivity contribution in [2.24, 2.45) is 17.3 Å². The minimum absolute atomic E-state index is 0.0854. The van der Waals surface area contributed by atoms with E-state index in [0.29, 0.717) is 19.6 Å². The molecule has 3 fully saturated rings. The largest absolute Gasteiger partial charge is 0.466 e. The summed E-state index contributed by atoms with van der Waals surface area (Å²) in [5.41, 5.74) is -1.10. The number of carbonyl (C=O) groups is 1. The summed E-state index contributed by atoms with van der Waals surface area (Å²) >= 11 is 0. The first-order valence-electron chi connectivity index (χ1n) is 8.14. The highest BCUT2D eigenvalue weighted by molar-refractivity contribution is 5.81. The molecule has 1 spiro atoms. The van der Waals surface area contributed by atoms with Crippen LogP contribution in [0.5, 0.6) is 0 Å². The lowest BCUT2D eigenvalue weighted by molar-refractivity contribution is -0.286. The van der Waals surface area contributed by atoms with Gasteiger partial charge in [-0.15, -0.1) is 0 Å². The maximum absolute atomic E-state index is 11.4. The summed E-state index contributed by atoms with van der Waals surface area (Å²) in [5, 5.41) is 11.4. The summed E-state index contributed by atoms with van der Waals surface area (Å²) in [7, 11) is 1.38. The fourth-order valence-electron chi connectivity index (χ4n) is 4.86. The van der Waals surface area contributed by atoms with E-state index in [1.54, 1.807) is 0 Å². The summed E-state index contributed by atoms with van der Waals surface area (Å²) in [6, 6.07) is 0. The Labute approximate surface area is 131 Å². The second-order valence-electron chi connectivity index (χ2n) is 7.10. The van der Waals surface area contributed by atoms with Gasteiger partial charge in [-0.1, -0.05) is 19.9 Å². The van der Waals surface area contributed by atoms with Gasteiger partial charge in [0, 0.05) is 23.8 Å². The molecule has 2 saturated carbocycles. The normalized spacial score (nSPS) is 43.6. The van der Waals surface area contributed by atoms with Crippen LogP contribution in [0.15, 0.2) is 12.2 Å². The van der Waals surface area contributed by atoms with Crippen LogP contribution >= 0.6 is 0 Å². The third-order valence-corrected chi connectivity index (χ3v) is 6.45. The standard InChI is InChI=1S/C17H26O5/c1-12-16(19)7-6-13(4-5-14(18)20-3)15(16,2)8-9-17(12)21-10-11-22-17/h4-5,12-13,19H,6-11H2,1-3H3/b5-4+/t12-,13-,15+,16-/m0/s1. The number of rotatable bonds is 2. The van der Waals surface area contributed by atoms with Crippen molar-refractivity contribution >= 4 is 5.97 Å². The van der Waals surface area contributed by atoms with Gasteiger partial charge in [0.15, 0.2) is 5.79 Å². The molecule has 0 aromatic heterocycles. The van der Waals surface area contributed by atoms with Crippen molar-refractivity contribution in [3.8, 4) is 0 Å². The Hall–Kier alpha value is -0.910. The monoisotopic (exact) mass is 310 g/mol. The molecule has 0 unspecified atom stereocenters. The van der Waals surface area contributed by atoms with Crippen molar-refractivity contribution < 1.29 is 24.1 Å². The summed E-state index contributed by atoms with van der Waals surface area (Å²) in [4.78, 5) is 11.4. The maximum atomic E-state index is 11.4. The second kappa shape index (κ2) is 5.32. The molecule has 3 aliphatic rings. The van der Waals surface area contributed by atoms with Crippen LogP contribution in [0.25, 0.3) is 0 Å². The summed E-state index contributed by atoms with van der Waals surface area (Å²) in [5.74, 6) is -0.896. The SMILES string of the molecule is COC(=O)/C=C/[C@H]1CC[C@]2(O)[C@H](C)C3(CC[C@]12C)OCCO3. The number of hydrogen-bond donors (Lipinski definition) is 1. The Morgan fingerprint density at radius 1 is 1.27 bits per heavy atom. The smallest absolute Gasteiger partial charge is 0.330 e. The topological polar surface area (TPSA) is 65.0 Å². The average molecular weight is 310 g/mol. The fraction of sp³-hybridized carbons (Fsp3) is 0.824. The number of ether oxygens (including phenoxy) is 3. The molecule has 5 nitrogen and oxygen atoms in total. The van der Waals surface area contributed by atoms with Gasteiger partial charge in [0.1, 0.15) is 0 Å². The van der Waals surface area contributed by atoms with Crippen molar-refractivity contribution in [2.75, 3.05) is 20.3 Å². The molecule has 0 radical (unpaired) electrons. The van der Waals surface area contributed by atoms with Crippen molar-refractivity contribution in [1.29, 1.82) is 0 Å². The van der Waals surface area contributed by atoms with Gasteiger partial charge in [0.2, 0.25) is 0 Å². The van der Waals surface area contributed by atoms with Crippen LogP contribution in [-0.4, -0.2) is 42.8 Å². The number of carbonyl (C=O) groups excluding carboxylic acids is 1. The highest BCUT2D eigenvalue weighted by Crippen LogP contribution is 2.63. The predicted molar refractivity (Wildman–Crippen MR) is 80.0 cm³/mol. The first-order chi connectivity index (χ1) is 10.4. The summed E-state index contributed by atoms with van der Waals surface area (Å²) in [6.45, 7) is 5.37. The maximum Gasteiger partial charge on any atom is 0.330 e. The first kappa shape index (κ1) is 16.0. The van der Waals surface area contributed by atoms with E-state index in [0.717, 1.165) is 19.3 Å². The van der Waals surface area contributed by atoms with Crippen LogP contribution in [0.1, 0.15) is 39.5 Å². The molecule has 0 aromatic rings. The van der Waals surface area contributed by atoms with E-state index in [1.165, 1.54) is 13.2 Å². The molecular weight excluding hydrogens is 284 g/mol. The second-order valence-corrected chi connectivity index (χ2v) is 7.10. The van der Waals surface area contributed by atoms with Crippen molar-refractivity contribution in [3.05, 3.63) is 12.2 Å². The lowest BCUT2D eigenvalue weighted by atomic mass is 9.57. The van der Waals surface area contributed by atoms with Crippen LogP contribution in [0, 0.1) is 17.3 Å². The van der Waals surface area contributed by atoms with E-state index in [1.807, 2.05) is 13.0 Å². The highest BCUT2D eigenvalue weighted by Gasteiger charge is 2.67. The Bertz CT molecular complexity index is 481. The molecule has 1 aliphatic heterocycles. The fourth-order valence-corrected chi connectivity index (χ4v) is 4.86. The third kappa shape index (κ3) is 2.06. The van der Waals surface area contributed by atoms with Crippen molar-refractivity contribution in [1.82, 2.24) is 0 Å². The zero-order valence-electron chi connectivity index (χ0n) is 13.6. The molecule has 3 rings (SSSR count). The molecule has 4 atom stereocenters. The molecule has 0 bridgehead atoms. The minimum atomic E-state index is -0.833. The zero-order chi connectivity index (χ0) is 16.0. The van der Waals surface area contributed by atoms with Gasteiger partial charge in [0.25, 0.3) is 0 Å².